The number of carbonyl (C=O) groups is 1. The van der Waals surface area contributed by atoms with Gasteiger partial charge < -0.3 is 4.42 Å². The van der Waals surface area contributed by atoms with E-state index in [0.29, 0.717) is 0 Å². The molecule has 0 aliphatic heterocycles. The van der Waals surface area contributed by atoms with Gasteiger partial charge in [0.1, 0.15) is 6.29 Å². The van der Waals surface area contributed by atoms with Gasteiger partial charge in [-0.2, -0.15) is 0 Å². The molecule has 52 valence electrons. The molecule has 1 rings (SSSR count). The molecule has 2 heteroatoms. The maximum atomic E-state index is 10.0. The average molecular weight is 136 g/mol. The second kappa shape index (κ2) is 3.01. The van der Waals surface area contributed by atoms with Crippen LogP contribution in [0.1, 0.15) is 12.5 Å². The Morgan fingerprint density at radius 1 is 1.70 bits per heavy atom. The summed E-state index contributed by atoms with van der Waals surface area (Å²) in [7, 11) is 0. The van der Waals surface area contributed by atoms with Crippen molar-refractivity contribution in [2.75, 3.05) is 0 Å². The molecule has 0 aromatic carbocycles. The maximum Gasteiger partial charge on any atom is 0.143 e. The van der Waals surface area contributed by atoms with Crippen LogP contribution in [-0.4, -0.2) is 6.29 Å². The second-order valence-electron chi connectivity index (χ2n) is 2.00. The molecular formula is C8H8O2. The number of aldehydes is 1. The predicted octanol–water partition coefficient (Wildman–Crippen LogP) is 1.88. The highest BCUT2D eigenvalue weighted by molar-refractivity contribution is 5.80. The molecule has 0 aliphatic rings. The van der Waals surface area contributed by atoms with Crippen molar-refractivity contribution >= 4 is 11.9 Å². The zero-order chi connectivity index (χ0) is 7.40. The Labute approximate surface area is 59.2 Å². The van der Waals surface area contributed by atoms with Gasteiger partial charge in [-0.1, -0.05) is 0 Å². The minimum absolute atomic E-state index is 0.766. The van der Waals surface area contributed by atoms with Crippen molar-refractivity contribution in [1.82, 2.24) is 0 Å². The third-order valence-corrected chi connectivity index (χ3v) is 1.29. The van der Waals surface area contributed by atoms with Gasteiger partial charge in [0.15, 0.2) is 0 Å². The minimum atomic E-state index is 0.766. The first-order valence-electron chi connectivity index (χ1n) is 2.99. The van der Waals surface area contributed by atoms with Crippen LogP contribution in [0.3, 0.4) is 0 Å². The van der Waals surface area contributed by atoms with Crippen LogP contribution in [0.5, 0.6) is 0 Å². The summed E-state index contributed by atoms with van der Waals surface area (Å²) in [6, 6.07) is 1.81. The highest BCUT2D eigenvalue weighted by Gasteiger charge is 1.93. The van der Waals surface area contributed by atoms with Crippen LogP contribution in [0, 0.1) is 0 Å². The van der Waals surface area contributed by atoms with E-state index in [9.17, 15) is 4.79 Å². The fraction of sp³-hybridized carbons (Fsp3) is 0.125. The quantitative estimate of drug-likeness (QED) is 0.459. The van der Waals surface area contributed by atoms with Crippen LogP contribution in [0.2, 0.25) is 0 Å². The summed E-state index contributed by atoms with van der Waals surface area (Å²) in [5, 5.41) is 0. The molecule has 0 saturated heterocycles. The van der Waals surface area contributed by atoms with E-state index in [1.807, 2.05) is 13.0 Å². The zero-order valence-electron chi connectivity index (χ0n) is 5.70. The summed E-state index contributed by atoms with van der Waals surface area (Å²) >= 11 is 0. The summed E-state index contributed by atoms with van der Waals surface area (Å²) < 4.78 is 4.83. The molecule has 0 saturated carbocycles. The average Bonchev–Trinajstić information content (AvgIpc) is 2.38. The van der Waals surface area contributed by atoms with Gasteiger partial charge in [-0.15, -0.1) is 0 Å². The van der Waals surface area contributed by atoms with Crippen molar-refractivity contribution in [3.8, 4) is 0 Å². The zero-order valence-corrected chi connectivity index (χ0v) is 5.70. The van der Waals surface area contributed by atoms with Crippen LogP contribution in [0.4, 0.5) is 0 Å². The third-order valence-electron chi connectivity index (χ3n) is 1.29. The van der Waals surface area contributed by atoms with E-state index in [0.717, 1.165) is 17.4 Å². The fourth-order valence-electron chi connectivity index (χ4n) is 0.687. The number of carbonyl (C=O) groups excluding carboxylic acids is 1. The van der Waals surface area contributed by atoms with E-state index in [4.69, 9.17) is 4.42 Å². The Bertz CT molecular complexity index is 232. The van der Waals surface area contributed by atoms with E-state index >= 15 is 0 Å². The van der Waals surface area contributed by atoms with Crippen LogP contribution in [-0.2, 0) is 4.79 Å². The summed E-state index contributed by atoms with van der Waals surface area (Å²) in [5.74, 6) is 0. The fourth-order valence-corrected chi connectivity index (χ4v) is 0.687. The molecular weight excluding hydrogens is 128 g/mol. The second-order valence-corrected chi connectivity index (χ2v) is 2.00. The Hall–Kier alpha value is -1.31. The Kier molecular flexibility index (Phi) is 2.05. The number of hydrogen-bond donors (Lipinski definition) is 0. The van der Waals surface area contributed by atoms with Gasteiger partial charge in [0.05, 0.1) is 12.5 Å². The van der Waals surface area contributed by atoms with Gasteiger partial charge in [-0.05, 0) is 24.6 Å². The molecule has 1 aromatic rings. The first kappa shape index (κ1) is 6.81. The number of hydrogen-bond acceptors (Lipinski definition) is 2. The van der Waals surface area contributed by atoms with Gasteiger partial charge in [-0.3, -0.25) is 4.79 Å². The van der Waals surface area contributed by atoms with Gasteiger partial charge in [0, 0.05) is 5.56 Å². The molecule has 0 bridgehead atoms. The first-order chi connectivity index (χ1) is 4.84. The van der Waals surface area contributed by atoms with Crippen LogP contribution in [0.25, 0.3) is 5.57 Å². The molecule has 1 aromatic heterocycles. The largest absolute Gasteiger partial charge is 0.472 e. The van der Waals surface area contributed by atoms with Crippen molar-refractivity contribution in [3.63, 3.8) is 0 Å². The Morgan fingerprint density at radius 3 is 3.00 bits per heavy atom. The molecule has 2 nitrogen and oxygen atoms in total. The van der Waals surface area contributed by atoms with E-state index in [-0.39, 0.29) is 0 Å². The topological polar surface area (TPSA) is 30.2 Å². The lowest BCUT2D eigenvalue weighted by Crippen LogP contribution is -1.73. The summed E-state index contributed by atoms with van der Waals surface area (Å²) in [4.78, 5) is 10.0. The van der Waals surface area contributed by atoms with E-state index in [1.54, 1.807) is 12.5 Å². The molecule has 0 fully saturated rings. The molecule has 0 N–H and O–H groups in total. The third kappa shape index (κ3) is 1.35. The lowest BCUT2D eigenvalue weighted by molar-refractivity contribution is -0.104. The van der Waals surface area contributed by atoms with Gasteiger partial charge in [-0.25, -0.2) is 0 Å². The van der Waals surface area contributed by atoms with Crippen molar-refractivity contribution < 1.29 is 9.21 Å². The first-order valence-corrected chi connectivity index (χ1v) is 2.99. The lowest BCUT2D eigenvalue weighted by Gasteiger charge is -1.88. The lowest BCUT2D eigenvalue weighted by atomic mass is 10.1. The normalized spacial score (nSPS) is 11.5. The van der Waals surface area contributed by atoms with Crippen molar-refractivity contribution in [3.05, 3.63) is 30.2 Å². The molecule has 0 spiro atoms. The minimum Gasteiger partial charge on any atom is -0.472 e. The molecule has 0 radical (unpaired) electrons. The van der Waals surface area contributed by atoms with Gasteiger partial charge in [0.2, 0.25) is 0 Å². The molecule has 0 amide bonds. The molecule has 10 heavy (non-hydrogen) atoms. The molecule has 0 aliphatic carbocycles. The summed E-state index contributed by atoms with van der Waals surface area (Å²) in [5.41, 5.74) is 1.87. The highest BCUT2D eigenvalue weighted by atomic mass is 16.3. The van der Waals surface area contributed by atoms with E-state index < -0.39 is 0 Å². The highest BCUT2D eigenvalue weighted by Crippen LogP contribution is 2.11. The predicted molar refractivity (Wildman–Crippen MR) is 38.4 cm³/mol. The van der Waals surface area contributed by atoms with Gasteiger partial charge >= 0.3 is 0 Å². The molecule has 0 unspecified atom stereocenters. The number of furan rings is 1. The maximum absolute atomic E-state index is 10.0. The van der Waals surface area contributed by atoms with E-state index in [1.165, 1.54) is 6.08 Å². The summed E-state index contributed by atoms with van der Waals surface area (Å²) in [6.45, 7) is 1.86. The molecule has 1 heterocycles. The van der Waals surface area contributed by atoms with Crippen LogP contribution in [0.15, 0.2) is 29.1 Å². The van der Waals surface area contributed by atoms with Gasteiger partial charge in [0.25, 0.3) is 0 Å². The Balaban J connectivity index is 2.86. The van der Waals surface area contributed by atoms with E-state index in [2.05, 4.69) is 0 Å². The summed E-state index contributed by atoms with van der Waals surface area (Å²) in [6.07, 6.45) is 5.46. The van der Waals surface area contributed by atoms with Crippen molar-refractivity contribution in [2.24, 2.45) is 0 Å². The SMILES string of the molecule is CC(=CC=O)c1ccoc1. The van der Waals surface area contributed by atoms with Crippen LogP contribution < -0.4 is 0 Å². The Morgan fingerprint density at radius 2 is 2.50 bits per heavy atom. The monoisotopic (exact) mass is 136 g/mol. The molecule has 0 atom stereocenters. The van der Waals surface area contributed by atoms with Crippen molar-refractivity contribution in [1.29, 1.82) is 0 Å². The standard InChI is InChI=1S/C8H8O2/c1-7(2-4-9)8-3-5-10-6-8/h2-6H,1H3. The van der Waals surface area contributed by atoms with Crippen molar-refractivity contribution in [2.45, 2.75) is 6.92 Å². The number of rotatable bonds is 2. The smallest absolute Gasteiger partial charge is 0.143 e. The number of allylic oxidation sites excluding steroid dienone is 2. The van der Waals surface area contributed by atoms with Crippen LogP contribution >= 0.6 is 0 Å².